The van der Waals surface area contributed by atoms with Gasteiger partial charge in [-0.2, -0.15) is 0 Å². The summed E-state index contributed by atoms with van der Waals surface area (Å²) in [5.41, 5.74) is 6.31. The fraction of sp³-hybridized carbons (Fsp3) is 0.148. The predicted octanol–water partition coefficient (Wildman–Crippen LogP) is 8.03. The average molecular weight is 483 g/mol. The second-order valence-electron chi connectivity index (χ2n) is 7.52. The van der Waals surface area contributed by atoms with Crippen molar-refractivity contribution in [1.29, 1.82) is 0 Å². The maximum absolute atomic E-state index is 9.75. The van der Waals surface area contributed by atoms with Crippen molar-refractivity contribution in [3.63, 3.8) is 0 Å². The Morgan fingerprint density at radius 1 is 0.706 bits per heavy atom. The van der Waals surface area contributed by atoms with Crippen molar-refractivity contribution in [3.8, 4) is 0 Å². The largest absolute Gasteiger partial charge is 0.673 e. The summed E-state index contributed by atoms with van der Waals surface area (Å²) < 4.78 is 41.4. The number of nitrogens with zero attached hydrogens (tertiary/aromatic N) is 1. The van der Waals surface area contributed by atoms with E-state index in [1.165, 1.54) is 37.8 Å². The van der Waals surface area contributed by atoms with Crippen LogP contribution in [-0.4, -0.2) is 30.6 Å². The molecule has 0 spiro atoms. The van der Waals surface area contributed by atoms with Gasteiger partial charge in [0.2, 0.25) is 0 Å². The summed E-state index contributed by atoms with van der Waals surface area (Å²) in [4.78, 5) is 2.58. The second kappa shape index (κ2) is 11.9. The third-order valence-corrected chi connectivity index (χ3v) is 6.39. The molecule has 0 atom stereocenters. The zero-order chi connectivity index (χ0) is 24.6. The van der Waals surface area contributed by atoms with Crippen molar-refractivity contribution in [1.82, 2.24) is 0 Å². The normalized spacial score (nSPS) is 15.4. The molecule has 2 aromatic rings. The number of halogens is 4. The number of hydrogen-bond donors (Lipinski definition) is 0. The minimum Gasteiger partial charge on any atom is -0.418 e. The summed E-state index contributed by atoms with van der Waals surface area (Å²) >= 11 is 1.85. The quantitative estimate of drug-likeness (QED) is 0.242. The molecule has 34 heavy (non-hydrogen) atoms. The molecule has 1 nitrogen and oxygen atoms in total. The highest BCUT2D eigenvalue weighted by Gasteiger charge is 2.20. The molecule has 0 saturated heterocycles. The van der Waals surface area contributed by atoms with E-state index in [1.807, 2.05) is 11.8 Å². The van der Waals surface area contributed by atoms with Crippen molar-refractivity contribution < 1.29 is 21.8 Å². The molecular formula is C27H26BF4NS. The molecule has 0 unspecified atom stereocenters. The SMILES string of the molecule is CC[N+](CC)=C1C=CC(=C2C=C(c3ccccc3)C=C(c3ccccc3)S2)C=C1.F[B-](F)(F)F. The van der Waals surface area contributed by atoms with Gasteiger partial charge in [-0.25, -0.2) is 4.58 Å². The molecule has 0 bridgehead atoms. The van der Waals surface area contributed by atoms with Crippen LogP contribution < -0.4 is 0 Å². The average Bonchev–Trinajstić information content (AvgIpc) is 2.85. The maximum Gasteiger partial charge on any atom is 0.673 e. The van der Waals surface area contributed by atoms with Crippen LogP contribution in [0.2, 0.25) is 0 Å². The minimum absolute atomic E-state index is 1.03. The molecule has 2 aromatic carbocycles. The number of thioether (sulfide) groups is 1. The fourth-order valence-corrected chi connectivity index (χ4v) is 4.73. The van der Waals surface area contributed by atoms with E-state index in [0.29, 0.717) is 0 Å². The van der Waals surface area contributed by atoms with Crippen LogP contribution in [0.5, 0.6) is 0 Å². The molecule has 1 aliphatic heterocycles. The van der Waals surface area contributed by atoms with E-state index in [9.17, 15) is 17.3 Å². The molecule has 176 valence electrons. The van der Waals surface area contributed by atoms with Gasteiger partial charge in [0, 0.05) is 22.0 Å². The monoisotopic (exact) mass is 483 g/mol. The van der Waals surface area contributed by atoms with Gasteiger partial charge in [-0.1, -0.05) is 72.4 Å². The number of rotatable bonds is 4. The van der Waals surface area contributed by atoms with Crippen LogP contribution in [0.25, 0.3) is 10.5 Å². The lowest BCUT2D eigenvalue weighted by Crippen LogP contribution is -2.19. The van der Waals surface area contributed by atoms with Gasteiger partial charge in [0.25, 0.3) is 0 Å². The van der Waals surface area contributed by atoms with E-state index in [4.69, 9.17) is 0 Å². The van der Waals surface area contributed by atoms with E-state index in [0.717, 1.165) is 13.1 Å². The van der Waals surface area contributed by atoms with Gasteiger partial charge in [-0.3, -0.25) is 0 Å². The Labute approximate surface area is 202 Å². The van der Waals surface area contributed by atoms with E-state index in [2.05, 4.69) is 116 Å². The summed E-state index contributed by atoms with van der Waals surface area (Å²) in [6.45, 7) is 6.46. The molecule has 0 amide bonds. The molecule has 1 heterocycles. The molecule has 0 fully saturated rings. The lowest BCUT2D eigenvalue weighted by atomic mass is 10.0. The molecule has 4 rings (SSSR count). The lowest BCUT2D eigenvalue weighted by Gasteiger charge is -2.19. The first-order chi connectivity index (χ1) is 16.3. The van der Waals surface area contributed by atoms with Gasteiger partial charge < -0.3 is 17.3 Å². The summed E-state index contributed by atoms with van der Waals surface area (Å²) in [7, 11) is -6.00. The van der Waals surface area contributed by atoms with Crippen LogP contribution in [0.3, 0.4) is 0 Å². The third kappa shape index (κ3) is 7.49. The van der Waals surface area contributed by atoms with Crippen molar-refractivity contribution >= 4 is 35.2 Å². The Kier molecular flexibility index (Phi) is 8.94. The van der Waals surface area contributed by atoms with Gasteiger partial charge in [0.1, 0.15) is 13.1 Å². The summed E-state index contributed by atoms with van der Waals surface area (Å²) in [5.74, 6) is 0. The first kappa shape index (κ1) is 25.6. The third-order valence-electron chi connectivity index (χ3n) is 5.24. The van der Waals surface area contributed by atoms with Crippen molar-refractivity contribution in [2.75, 3.05) is 13.1 Å². The predicted molar refractivity (Wildman–Crippen MR) is 138 cm³/mol. The van der Waals surface area contributed by atoms with Crippen molar-refractivity contribution in [2.45, 2.75) is 13.8 Å². The fourth-order valence-electron chi connectivity index (χ4n) is 3.61. The van der Waals surface area contributed by atoms with E-state index in [-0.39, 0.29) is 0 Å². The zero-order valence-electron chi connectivity index (χ0n) is 19.1. The highest BCUT2D eigenvalue weighted by atomic mass is 32.2. The van der Waals surface area contributed by atoms with Crippen LogP contribution in [0.4, 0.5) is 17.3 Å². The Morgan fingerprint density at radius 3 is 1.71 bits per heavy atom. The number of benzene rings is 2. The molecule has 0 N–H and O–H groups in total. The van der Waals surface area contributed by atoms with E-state index >= 15 is 0 Å². The van der Waals surface area contributed by atoms with E-state index in [1.54, 1.807) is 0 Å². The van der Waals surface area contributed by atoms with Gasteiger partial charge in [0.15, 0.2) is 5.71 Å². The Morgan fingerprint density at radius 2 is 1.21 bits per heavy atom. The summed E-state index contributed by atoms with van der Waals surface area (Å²) in [6, 6.07) is 21.3. The molecule has 0 saturated carbocycles. The van der Waals surface area contributed by atoms with Crippen LogP contribution in [-0.2, 0) is 0 Å². The molecule has 7 heteroatoms. The highest BCUT2D eigenvalue weighted by molar-refractivity contribution is 8.12. The van der Waals surface area contributed by atoms with Crippen LogP contribution in [0.1, 0.15) is 25.0 Å². The summed E-state index contributed by atoms with van der Waals surface area (Å²) in [5, 5.41) is 0. The first-order valence-corrected chi connectivity index (χ1v) is 11.9. The van der Waals surface area contributed by atoms with Gasteiger partial charge in [-0.15, -0.1) is 0 Å². The smallest absolute Gasteiger partial charge is 0.418 e. The highest BCUT2D eigenvalue weighted by Crippen LogP contribution is 2.43. The summed E-state index contributed by atoms with van der Waals surface area (Å²) in [6.07, 6.45) is 13.6. The number of allylic oxidation sites excluding steroid dienone is 8. The van der Waals surface area contributed by atoms with E-state index < -0.39 is 7.25 Å². The molecule has 2 aliphatic rings. The van der Waals surface area contributed by atoms with Gasteiger partial charge in [-0.05, 0) is 60.4 Å². The Hall–Kier alpha value is -3.06. The zero-order valence-corrected chi connectivity index (χ0v) is 19.9. The van der Waals surface area contributed by atoms with Crippen LogP contribution in [0.15, 0.2) is 108 Å². The molecular weight excluding hydrogens is 457 g/mol. The standard InChI is InChI=1S/C27H26NS.BF4/c1-3-28(4-2)25-17-15-23(16-18-25)27-20-24(21-11-7-5-8-12-21)19-26(29-27)22-13-9-6-10-14-22;2-1(3,4)5/h5-20H,3-4H2,1-2H3;/q+1;-1. The second-order valence-corrected chi connectivity index (χ2v) is 8.60. The maximum atomic E-state index is 9.75. The lowest BCUT2D eigenvalue weighted by molar-refractivity contribution is -0.519. The first-order valence-electron chi connectivity index (χ1n) is 11.1. The topological polar surface area (TPSA) is 3.01 Å². The molecule has 0 aromatic heterocycles. The van der Waals surface area contributed by atoms with Crippen molar-refractivity contribution in [2.24, 2.45) is 0 Å². The molecule has 0 radical (unpaired) electrons. The Balaban J connectivity index is 0.000000588. The van der Waals surface area contributed by atoms with Gasteiger partial charge >= 0.3 is 7.25 Å². The number of hydrogen-bond acceptors (Lipinski definition) is 1. The molecule has 1 aliphatic carbocycles. The Bertz CT molecular complexity index is 1140. The van der Waals surface area contributed by atoms with Crippen molar-refractivity contribution in [3.05, 3.63) is 119 Å². The van der Waals surface area contributed by atoms with Gasteiger partial charge in [0.05, 0.1) is 0 Å². The minimum atomic E-state index is -6.00. The van der Waals surface area contributed by atoms with Crippen LogP contribution in [0, 0.1) is 0 Å². The van der Waals surface area contributed by atoms with Crippen LogP contribution >= 0.6 is 11.8 Å².